The fourth-order valence-corrected chi connectivity index (χ4v) is 4.31. The van der Waals surface area contributed by atoms with Crippen LogP contribution in [0, 0.1) is 0 Å². The van der Waals surface area contributed by atoms with Gasteiger partial charge in [0.15, 0.2) is 17.3 Å². The number of methoxy groups -OCH3 is 1. The maximum atomic E-state index is 12.7. The first-order valence-corrected chi connectivity index (χ1v) is 12.0. The molecule has 10 heteroatoms. The van der Waals surface area contributed by atoms with Gasteiger partial charge in [0.1, 0.15) is 18.5 Å². The molecule has 2 aromatic heterocycles. The van der Waals surface area contributed by atoms with E-state index in [9.17, 15) is 4.79 Å². The molecule has 10 nitrogen and oxygen atoms in total. The summed E-state index contributed by atoms with van der Waals surface area (Å²) in [6.07, 6.45) is -0.377. The van der Waals surface area contributed by atoms with Crippen molar-refractivity contribution < 1.29 is 23.4 Å². The van der Waals surface area contributed by atoms with Gasteiger partial charge in [0.25, 0.3) is 5.91 Å². The number of aromatic nitrogens is 1. The number of hydrogen-bond acceptors (Lipinski definition) is 9. The number of piperazine rings is 1. The summed E-state index contributed by atoms with van der Waals surface area (Å²) in [7, 11) is 3.65. The van der Waals surface area contributed by atoms with Crippen LogP contribution in [0.4, 0.5) is 5.69 Å². The van der Waals surface area contributed by atoms with Crippen molar-refractivity contribution in [2.24, 2.45) is 0 Å². The molecule has 1 fully saturated rings. The van der Waals surface area contributed by atoms with Crippen molar-refractivity contribution in [3.63, 3.8) is 0 Å². The summed E-state index contributed by atoms with van der Waals surface area (Å²) in [5, 5.41) is 2.90. The van der Waals surface area contributed by atoms with Crippen molar-refractivity contribution in [3.8, 4) is 28.6 Å². The van der Waals surface area contributed by atoms with Crippen molar-refractivity contribution in [2.45, 2.75) is 12.6 Å². The first kappa shape index (κ1) is 24.0. The number of rotatable bonds is 7. The summed E-state index contributed by atoms with van der Waals surface area (Å²) in [6.45, 7) is 5.31. The largest absolute Gasteiger partial charge is 0.486 e. The van der Waals surface area contributed by atoms with Crippen molar-refractivity contribution in [2.75, 3.05) is 59.2 Å². The molecule has 4 heterocycles. The zero-order valence-corrected chi connectivity index (χ0v) is 20.5. The molecule has 3 N–H and O–H groups in total. The second-order valence-corrected chi connectivity index (χ2v) is 9.03. The highest BCUT2D eigenvalue weighted by Crippen LogP contribution is 2.41. The maximum Gasteiger partial charge on any atom is 0.287 e. The second-order valence-electron chi connectivity index (χ2n) is 9.03. The van der Waals surface area contributed by atoms with E-state index < -0.39 is 0 Å². The van der Waals surface area contributed by atoms with Crippen molar-refractivity contribution in [3.05, 3.63) is 54.0 Å². The zero-order valence-electron chi connectivity index (χ0n) is 20.5. The maximum absolute atomic E-state index is 12.7. The van der Waals surface area contributed by atoms with Gasteiger partial charge in [0.2, 0.25) is 5.88 Å². The Morgan fingerprint density at radius 1 is 1.17 bits per heavy atom. The van der Waals surface area contributed by atoms with Gasteiger partial charge in [-0.05, 0) is 43.4 Å². The van der Waals surface area contributed by atoms with Crippen LogP contribution in [0.2, 0.25) is 0 Å². The van der Waals surface area contributed by atoms with E-state index >= 15 is 0 Å². The molecular formula is C26H31N5O5. The molecule has 190 valence electrons. The normalized spacial score (nSPS) is 18.1. The Morgan fingerprint density at radius 2 is 2.00 bits per heavy atom. The molecule has 0 spiro atoms. The molecule has 2 aliphatic rings. The molecule has 2 aliphatic heterocycles. The van der Waals surface area contributed by atoms with Crippen LogP contribution in [-0.2, 0) is 6.54 Å². The number of amides is 1. The predicted octanol–water partition coefficient (Wildman–Crippen LogP) is 2.25. The van der Waals surface area contributed by atoms with Crippen LogP contribution in [0.15, 0.2) is 46.9 Å². The fraction of sp³-hybridized carbons (Fsp3) is 0.385. The smallest absolute Gasteiger partial charge is 0.287 e. The summed E-state index contributed by atoms with van der Waals surface area (Å²) in [5.41, 5.74) is 7.76. The number of anilines is 1. The SMILES string of the molecule is COc1nc(-c2cccc3c2O[C@H](CNC(=O)c2ccc(CN4CCN(C)CC4)o2)CO3)ccc1N. The third-order valence-electron chi connectivity index (χ3n) is 6.40. The molecule has 0 unspecified atom stereocenters. The van der Waals surface area contributed by atoms with Crippen molar-refractivity contribution >= 4 is 11.6 Å². The van der Waals surface area contributed by atoms with E-state index in [1.165, 1.54) is 7.11 Å². The Kier molecular flexibility index (Phi) is 6.97. The monoisotopic (exact) mass is 493 g/mol. The van der Waals surface area contributed by atoms with Crippen LogP contribution < -0.4 is 25.3 Å². The Labute approximate surface area is 209 Å². The molecule has 1 aromatic carbocycles. The molecule has 1 saturated heterocycles. The fourth-order valence-electron chi connectivity index (χ4n) is 4.31. The number of hydrogen-bond donors (Lipinski definition) is 2. The molecule has 0 bridgehead atoms. The summed E-state index contributed by atoms with van der Waals surface area (Å²) >= 11 is 0. The number of nitrogens with two attached hydrogens (primary N) is 1. The standard InChI is InChI=1S/C26H31N5O5/c1-30-10-12-31(13-11-30)15-17-6-9-23(35-17)25(32)28-14-18-16-34-22-5-3-4-19(24(22)36-18)21-8-7-20(27)26(29-21)33-2/h3-9,18H,10-16,27H2,1-2H3,(H,28,32)/t18-/m1/s1. The Hall–Kier alpha value is -3.76. The number of carbonyl (C=O) groups excluding carboxylic acids is 1. The predicted molar refractivity (Wildman–Crippen MR) is 134 cm³/mol. The number of carbonyl (C=O) groups is 1. The van der Waals surface area contributed by atoms with E-state index in [1.54, 1.807) is 18.2 Å². The number of nitrogen functional groups attached to an aromatic ring is 1. The Bertz CT molecular complexity index is 1220. The lowest BCUT2D eigenvalue weighted by atomic mass is 10.1. The first-order valence-electron chi connectivity index (χ1n) is 12.0. The van der Waals surface area contributed by atoms with Gasteiger partial charge in [-0.2, -0.15) is 0 Å². The van der Waals surface area contributed by atoms with Gasteiger partial charge in [-0.3, -0.25) is 9.69 Å². The van der Waals surface area contributed by atoms with E-state index in [1.807, 2.05) is 24.3 Å². The highest BCUT2D eigenvalue weighted by atomic mass is 16.6. The van der Waals surface area contributed by atoms with Gasteiger partial charge in [-0.1, -0.05) is 6.07 Å². The van der Waals surface area contributed by atoms with E-state index in [0.29, 0.717) is 41.9 Å². The van der Waals surface area contributed by atoms with E-state index in [4.69, 9.17) is 24.4 Å². The minimum Gasteiger partial charge on any atom is -0.486 e. The number of furan rings is 1. The number of nitrogens with one attached hydrogen (secondary N) is 1. The number of likely N-dealkylation sites (N-methyl/N-ethyl adjacent to an activating group) is 1. The number of nitrogens with zero attached hydrogens (tertiary/aromatic N) is 3. The topological polar surface area (TPSA) is 115 Å². The third-order valence-corrected chi connectivity index (χ3v) is 6.40. The van der Waals surface area contributed by atoms with Crippen LogP contribution in [0.1, 0.15) is 16.3 Å². The summed E-state index contributed by atoms with van der Waals surface area (Å²) in [6, 6.07) is 12.7. The minimum atomic E-state index is -0.377. The Morgan fingerprint density at radius 3 is 2.81 bits per heavy atom. The average molecular weight is 494 g/mol. The third kappa shape index (κ3) is 5.24. The molecule has 1 atom stereocenters. The molecule has 0 saturated carbocycles. The van der Waals surface area contributed by atoms with Gasteiger partial charge >= 0.3 is 0 Å². The zero-order chi connectivity index (χ0) is 25.1. The number of ether oxygens (including phenoxy) is 3. The van der Waals surface area contributed by atoms with Crippen LogP contribution in [0.3, 0.4) is 0 Å². The lowest BCUT2D eigenvalue weighted by molar-refractivity contribution is 0.0773. The molecule has 5 rings (SSSR count). The van der Waals surface area contributed by atoms with E-state index in [2.05, 4.69) is 27.1 Å². The van der Waals surface area contributed by atoms with Crippen molar-refractivity contribution in [1.29, 1.82) is 0 Å². The van der Waals surface area contributed by atoms with Crippen LogP contribution in [-0.4, -0.2) is 80.3 Å². The lowest BCUT2D eigenvalue weighted by Gasteiger charge is -2.31. The van der Waals surface area contributed by atoms with Gasteiger partial charge < -0.3 is 34.6 Å². The molecule has 1 amide bonds. The highest BCUT2D eigenvalue weighted by molar-refractivity contribution is 5.91. The number of pyridine rings is 1. The molecule has 0 aliphatic carbocycles. The highest BCUT2D eigenvalue weighted by Gasteiger charge is 2.26. The first-order chi connectivity index (χ1) is 17.5. The number of fused-ring (bicyclic) bond motifs is 1. The molecule has 36 heavy (non-hydrogen) atoms. The molecular weight excluding hydrogens is 462 g/mol. The summed E-state index contributed by atoms with van der Waals surface area (Å²) in [5.74, 6) is 2.31. The number of para-hydroxylation sites is 1. The lowest BCUT2D eigenvalue weighted by Crippen LogP contribution is -2.43. The van der Waals surface area contributed by atoms with Crippen LogP contribution in [0.25, 0.3) is 11.3 Å². The van der Waals surface area contributed by atoms with Crippen molar-refractivity contribution in [1.82, 2.24) is 20.1 Å². The molecule has 0 radical (unpaired) electrons. The average Bonchev–Trinajstić information content (AvgIpc) is 3.37. The minimum absolute atomic E-state index is 0.263. The van der Waals surface area contributed by atoms with Crippen LogP contribution in [0.5, 0.6) is 17.4 Å². The molecule has 3 aromatic rings. The Balaban J connectivity index is 1.21. The van der Waals surface area contributed by atoms with Gasteiger partial charge in [0, 0.05) is 31.7 Å². The van der Waals surface area contributed by atoms with E-state index in [0.717, 1.165) is 37.5 Å². The van der Waals surface area contributed by atoms with E-state index in [-0.39, 0.29) is 24.3 Å². The second kappa shape index (κ2) is 10.5. The van der Waals surface area contributed by atoms with Gasteiger partial charge in [-0.25, -0.2) is 4.98 Å². The van der Waals surface area contributed by atoms with Crippen LogP contribution >= 0.6 is 0 Å². The summed E-state index contributed by atoms with van der Waals surface area (Å²) < 4.78 is 23.2. The number of benzene rings is 1. The quantitative estimate of drug-likeness (QED) is 0.511. The van der Waals surface area contributed by atoms with Gasteiger partial charge in [0.05, 0.1) is 31.6 Å². The van der Waals surface area contributed by atoms with Gasteiger partial charge in [-0.15, -0.1) is 0 Å². The summed E-state index contributed by atoms with van der Waals surface area (Å²) in [4.78, 5) is 21.8.